The number of amides is 1. The number of nitrogens with one attached hydrogen (secondary N) is 1. The molecule has 0 unspecified atom stereocenters. The lowest BCUT2D eigenvalue weighted by Gasteiger charge is -2.69. The quantitative estimate of drug-likeness (QED) is 0.699. The lowest BCUT2D eigenvalue weighted by molar-refractivity contribution is -0.177. The molecule has 5 nitrogen and oxygen atoms in total. The smallest absolute Gasteiger partial charge is 0.226 e. The highest BCUT2D eigenvalue weighted by atomic mass is 19.1. The van der Waals surface area contributed by atoms with Gasteiger partial charge in [0.15, 0.2) is 0 Å². The maximum absolute atomic E-state index is 12.8. The van der Waals surface area contributed by atoms with Crippen LogP contribution in [0.25, 0.3) is 0 Å². The molecule has 0 aromatic heterocycles. The second-order valence-corrected chi connectivity index (χ2v) is 9.06. The van der Waals surface area contributed by atoms with Crippen LogP contribution in [0.4, 0.5) is 4.39 Å². The molecular formula is C23H31FN2O3. The molecule has 29 heavy (non-hydrogen) atoms. The van der Waals surface area contributed by atoms with Crippen molar-refractivity contribution < 1.29 is 18.7 Å². The van der Waals surface area contributed by atoms with E-state index in [1.807, 2.05) is 12.1 Å². The Morgan fingerprint density at radius 3 is 2.41 bits per heavy atom. The lowest BCUT2D eigenvalue weighted by atomic mass is 9.33. The first-order valence-electron chi connectivity index (χ1n) is 10.6. The van der Waals surface area contributed by atoms with Gasteiger partial charge < -0.3 is 20.5 Å². The van der Waals surface area contributed by atoms with Gasteiger partial charge in [0.2, 0.25) is 5.91 Å². The molecule has 4 aliphatic rings. The second-order valence-electron chi connectivity index (χ2n) is 9.06. The van der Waals surface area contributed by atoms with Crippen LogP contribution in [-0.2, 0) is 14.9 Å². The molecule has 4 fully saturated rings. The molecule has 6 heteroatoms. The van der Waals surface area contributed by atoms with Crippen molar-refractivity contribution in [2.75, 3.05) is 20.3 Å². The van der Waals surface area contributed by atoms with Gasteiger partial charge in [0.25, 0.3) is 0 Å². The van der Waals surface area contributed by atoms with Crippen molar-refractivity contribution in [2.24, 2.45) is 11.1 Å². The monoisotopic (exact) mass is 402 g/mol. The van der Waals surface area contributed by atoms with Crippen molar-refractivity contribution in [3.05, 3.63) is 41.7 Å². The molecule has 4 saturated carbocycles. The Hall–Kier alpha value is -1.92. The molecular weight excluding hydrogens is 371 g/mol. The van der Waals surface area contributed by atoms with Crippen LogP contribution in [0.1, 0.15) is 50.5 Å². The van der Waals surface area contributed by atoms with Crippen molar-refractivity contribution >= 4 is 5.91 Å². The third-order valence-electron chi connectivity index (χ3n) is 7.16. The Morgan fingerprint density at radius 2 is 1.86 bits per heavy atom. The van der Waals surface area contributed by atoms with E-state index in [0.717, 1.165) is 44.9 Å². The first-order valence-corrected chi connectivity index (χ1v) is 10.6. The normalized spacial score (nSPS) is 33.4. The van der Waals surface area contributed by atoms with E-state index in [1.165, 1.54) is 5.56 Å². The number of methoxy groups -OCH3 is 1. The topological polar surface area (TPSA) is 73.6 Å². The molecule has 1 aromatic carbocycles. The van der Waals surface area contributed by atoms with Crippen LogP contribution in [0.3, 0.4) is 0 Å². The van der Waals surface area contributed by atoms with Crippen molar-refractivity contribution in [3.63, 3.8) is 0 Å². The number of nitrogens with two attached hydrogens (primary N) is 1. The summed E-state index contributed by atoms with van der Waals surface area (Å²) in [6.07, 6.45) is 7.73. The summed E-state index contributed by atoms with van der Waals surface area (Å²) < 4.78 is 23.6. The van der Waals surface area contributed by atoms with Gasteiger partial charge in [-0.1, -0.05) is 12.1 Å². The van der Waals surface area contributed by atoms with Crippen molar-refractivity contribution in [1.82, 2.24) is 5.32 Å². The summed E-state index contributed by atoms with van der Waals surface area (Å²) in [5.74, 6) is 0.944. The van der Waals surface area contributed by atoms with Crippen LogP contribution < -0.4 is 15.8 Å². The predicted octanol–water partition coefficient (Wildman–Crippen LogP) is 3.37. The zero-order valence-corrected chi connectivity index (χ0v) is 17.1. The van der Waals surface area contributed by atoms with Gasteiger partial charge in [0.05, 0.1) is 17.8 Å². The Kier molecular flexibility index (Phi) is 5.67. The first-order chi connectivity index (χ1) is 14.0. The molecule has 1 aromatic rings. The highest BCUT2D eigenvalue weighted by molar-refractivity contribution is 5.87. The summed E-state index contributed by atoms with van der Waals surface area (Å²) in [4.78, 5) is 12.8. The van der Waals surface area contributed by atoms with E-state index in [4.69, 9.17) is 15.2 Å². The fourth-order valence-electron chi connectivity index (χ4n) is 5.33. The number of carbonyl (C=O) groups excluding carboxylic acids is 1. The molecule has 0 aliphatic heterocycles. The fraction of sp³-hybridized carbons (Fsp3) is 0.609. The maximum Gasteiger partial charge on any atom is 0.226 e. The predicted molar refractivity (Wildman–Crippen MR) is 109 cm³/mol. The van der Waals surface area contributed by atoms with Crippen LogP contribution in [0.2, 0.25) is 0 Å². The highest BCUT2D eigenvalue weighted by Gasteiger charge is 2.71. The molecule has 3 N–H and O–H groups in total. The fourth-order valence-corrected chi connectivity index (χ4v) is 5.33. The van der Waals surface area contributed by atoms with E-state index in [-0.39, 0.29) is 29.9 Å². The minimum atomic E-state index is -0.158. The van der Waals surface area contributed by atoms with Crippen LogP contribution in [0.15, 0.2) is 36.2 Å². The number of ether oxygens (including phenoxy) is 2. The molecule has 0 saturated heterocycles. The van der Waals surface area contributed by atoms with E-state index in [0.29, 0.717) is 29.8 Å². The van der Waals surface area contributed by atoms with Gasteiger partial charge in [0.1, 0.15) is 12.4 Å². The molecule has 0 heterocycles. The Morgan fingerprint density at radius 1 is 1.21 bits per heavy atom. The van der Waals surface area contributed by atoms with E-state index in [2.05, 4.69) is 17.4 Å². The standard InChI is InChI=1S/C23H31FN2O3/c1-28-19-8-4-18(5-9-19)26-21(27)23-13-22(14-23,15-23)17-2-6-20(7-3-17)29-12-16(10-24)11-25/h2-3,6-7,10,18-19H,4-5,8-9,11-15,25H2,1H3,(H,26,27)/b16-10+/t18-,19-,22?,23?. The van der Waals surface area contributed by atoms with Crippen molar-refractivity contribution in [2.45, 2.75) is 62.5 Å². The zero-order valence-electron chi connectivity index (χ0n) is 17.1. The number of hydrogen-bond donors (Lipinski definition) is 2. The SMILES string of the molecule is CO[C@H]1CC[C@H](NC(=O)C23CC(c4ccc(OC/C(=C/F)CN)cc4)(C2)C3)CC1. The van der Waals surface area contributed by atoms with Gasteiger partial charge in [-0.05, 0) is 68.1 Å². The Balaban J connectivity index is 1.27. The molecule has 158 valence electrons. The highest BCUT2D eigenvalue weighted by Crippen LogP contribution is 2.73. The summed E-state index contributed by atoms with van der Waals surface area (Å²) in [5, 5.41) is 3.30. The van der Waals surface area contributed by atoms with Gasteiger partial charge in [-0.15, -0.1) is 0 Å². The average Bonchev–Trinajstić information content (AvgIpc) is 2.68. The number of halogens is 1. The van der Waals surface area contributed by atoms with Gasteiger partial charge in [0, 0.05) is 25.3 Å². The van der Waals surface area contributed by atoms with E-state index in [1.54, 1.807) is 7.11 Å². The van der Waals surface area contributed by atoms with Crippen LogP contribution in [0.5, 0.6) is 5.75 Å². The summed E-state index contributed by atoms with van der Waals surface area (Å²) in [6.45, 7) is 0.308. The Labute approximate surface area is 171 Å². The molecule has 0 spiro atoms. The summed E-state index contributed by atoms with van der Waals surface area (Å²) >= 11 is 0. The lowest BCUT2D eigenvalue weighted by Crippen LogP contribution is -2.70. The third kappa shape index (κ3) is 3.80. The van der Waals surface area contributed by atoms with Crippen LogP contribution >= 0.6 is 0 Å². The molecule has 5 rings (SSSR count). The molecule has 1 amide bonds. The average molecular weight is 403 g/mol. The molecule has 4 aliphatic carbocycles. The summed E-state index contributed by atoms with van der Waals surface area (Å²) in [6, 6.07) is 8.28. The molecule has 0 atom stereocenters. The number of rotatable bonds is 8. The minimum Gasteiger partial charge on any atom is -0.489 e. The number of benzene rings is 1. The maximum atomic E-state index is 12.8. The van der Waals surface area contributed by atoms with Gasteiger partial charge in [-0.2, -0.15) is 0 Å². The van der Waals surface area contributed by atoms with Crippen molar-refractivity contribution in [3.8, 4) is 5.75 Å². The third-order valence-corrected chi connectivity index (χ3v) is 7.16. The van der Waals surface area contributed by atoms with E-state index in [9.17, 15) is 9.18 Å². The first kappa shape index (κ1) is 20.4. The molecule has 0 radical (unpaired) electrons. The molecule has 2 bridgehead atoms. The number of hydrogen-bond acceptors (Lipinski definition) is 4. The largest absolute Gasteiger partial charge is 0.489 e. The minimum absolute atomic E-state index is 0.144. The summed E-state index contributed by atoms with van der Waals surface area (Å²) in [5.41, 5.74) is 7.12. The van der Waals surface area contributed by atoms with Crippen molar-refractivity contribution in [1.29, 1.82) is 0 Å². The number of carbonyl (C=O) groups is 1. The van der Waals surface area contributed by atoms with E-state index >= 15 is 0 Å². The van der Waals surface area contributed by atoms with Gasteiger partial charge in [-0.25, -0.2) is 4.39 Å². The zero-order chi connectivity index (χ0) is 20.5. The van der Waals surface area contributed by atoms with Gasteiger partial charge >= 0.3 is 0 Å². The second kappa shape index (κ2) is 8.07. The summed E-state index contributed by atoms with van der Waals surface area (Å²) in [7, 11) is 1.77. The van der Waals surface area contributed by atoms with E-state index < -0.39 is 0 Å². The van der Waals surface area contributed by atoms with Gasteiger partial charge in [-0.3, -0.25) is 4.79 Å². The Bertz CT molecular complexity index is 749. The van der Waals surface area contributed by atoms with Crippen LogP contribution in [0, 0.1) is 5.41 Å². The van der Waals surface area contributed by atoms with Crippen LogP contribution in [-0.4, -0.2) is 38.3 Å².